The van der Waals surface area contributed by atoms with E-state index in [1.165, 1.54) is 5.56 Å². The van der Waals surface area contributed by atoms with E-state index < -0.39 is 0 Å². The molecular weight excluding hydrogens is 202 g/mol. The molecule has 0 atom stereocenters. The molecule has 0 spiro atoms. The molecule has 2 N–H and O–H groups in total. The van der Waals surface area contributed by atoms with Crippen LogP contribution in [0.3, 0.4) is 0 Å². The van der Waals surface area contributed by atoms with E-state index in [-0.39, 0.29) is 0 Å². The van der Waals surface area contributed by atoms with Crippen molar-refractivity contribution in [2.24, 2.45) is 5.73 Å². The SMILES string of the molecule is NCCc1cccc(OCc2ccco2)c1. The Labute approximate surface area is 94.8 Å². The van der Waals surface area contributed by atoms with Crippen LogP contribution in [0, 0.1) is 0 Å². The minimum absolute atomic E-state index is 0.457. The fourth-order valence-corrected chi connectivity index (χ4v) is 1.51. The van der Waals surface area contributed by atoms with Gasteiger partial charge in [-0.25, -0.2) is 0 Å². The average molecular weight is 217 g/mol. The summed E-state index contributed by atoms with van der Waals surface area (Å²) in [5.74, 6) is 1.67. The Kier molecular flexibility index (Phi) is 3.62. The summed E-state index contributed by atoms with van der Waals surface area (Å²) in [6.07, 6.45) is 2.52. The maximum absolute atomic E-state index is 5.60. The van der Waals surface area contributed by atoms with Crippen molar-refractivity contribution in [1.82, 2.24) is 0 Å². The number of nitrogens with two attached hydrogens (primary N) is 1. The van der Waals surface area contributed by atoms with Crippen LogP contribution in [0.2, 0.25) is 0 Å². The van der Waals surface area contributed by atoms with Gasteiger partial charge in [0.2, 0.25) is 0 Å². The van der Waals surface area contributed by atoms with Crippen molar-refractivity contribution in [3.63, 3.8) is 0 Å². The van der Waals surface area contributed by atoms with Gasteiger partial charge in [0.05, 0.1) is 6.26 Å². The molecular formula is C13H15NO2. The summed E-state index contributed by atoms with van der Waals surface area (Å²) in [6.45, 7) is 1.11. The molecule has 0 aliphatic carbocycles. The third kappa shape index (κ3) is 2.87. The molecule has 0 aliphatic rings. The molecule has 0 unspecified atom stereocenters. The molecule has 1 aromatic heterocycles. The number of rotatable bonds is 5. The van der Waals surface area contributed by atoms with Crippen LogP contribution in [-0.2, 0) is 13.0 Å². The first-order valence-electron chi connectivity index (χ1n) is 5.32. The molecule has 2 aromatic rings. The van der Waals surface area contributed by atoms with E-state index in [9.17, 15) is 0 Å². The molecule has 0 saturated carbocycles. The standard InChI is InChI=1S/C13H15NO2/c14-7-6-11-3-1-4-12(9-11)16-10-13-5-2-8-15-13/h1-5,8-9H,6-7,10,14H2. The zero-order chi connectivity index (χ0) is 11.2. The Balaban J connectivity index is 1.96. The molecule has 0 aliphatic heterocycles. The molecule has 0 amide bonds. The predicted octanol–water partition coefficient (Wildman–Crippen LogP) is 2.36. The fraction of sp³-hybridized carbons (Fsp3) is 0.231. The van der Waals surface area contributed by atoms with Crippen molar-refractivity contribution in [2.45, 2.75) is 13.0 Å². The van der Waals surface area contributed by atoms with E-state index in [2.05, 4.69) is 0 Å². The topological polar surface area (TPSA) is 48.4 Å². The van der Waals surface area contributed by atoms with Crippen LogP contribution in [0.5, 0.6) is 5.75 Å². The summed E-state index contributed by atoms with van der Waals surface area (Å²) in [5, 5.41) is 0. The molecule has 3 nitrogen and oxygen atoms in total. The quantitative estimate of drug-likeness (QED) is 0.836. The molecule has 0 saturated heterocycles. The van der Waals surface area contributed by atoms with Crippen LogP contribution in [0.15, 0.2) is 47.1 Å². The Morgan fingerprint density at radius 1 is 1.19 bits per heavy atom. The molecule has 3 heteroatoms. The van der Waals surface area contributed by atoms with Crippen molar-refractivity contribution >= 4 is 0 Å². The number of hydrogen-bond acceptors (Lipinski definition) is 3. The fourth-order valence-electron chi connectivity index (χ4n) is 1.51. The molecule has 1 heterocycles. The molecule has 0 bridgehead atoms. The Hall–Kier alpha value is -1.74. The van der Waals surface area contributed by atoms with Gasteiger partial charge in [-0.1, -0.05) is 12.1 Å². The van der Waals surface area contributed by atoms with E-state index in [0.29, 0.717) is 13.2 Å². The first kappa shape index (κ1) is 10.8. The minimum Gasteiger partial charge on any atom is -0.486 e. The van der Waals surface area contributed by atoms with E-state index in [1.54, 1.807) is 6.26 Å². The second kappa shape index (κ2) is 5.37. The van der Waals surface area contributed by atoms with Crippen molar-refractivity contribution in [2.75, 3.05) is 6.54 Å². The van der Waals surface area contributed by atoms with E-state index in [4.69, 9.17) is 14.9 Å². The second-order valence-electron chi connectivity index (χ2n) is 3.55. The molecule has 84 valence electrons. The highest BCUT2D eigenvalue weighted by molar-refractivity contribution is 5.28. The summed E-state index contributed by atoms with van der Waals surface area (Å²) < 4.78 is 10.8. The van der Waals surface area contributed by atoms with Gasteiger partial charge >= 0.3 is 0 Å². The zero-order valence-electron chi connectivity index (χ0n) is 9.06. The number of hydrogen-bond donors (Lipinski definition) is 1. The number of furan rings is 1. The van der Waals surface area contributed by atoms with Crippen molar-refractivity contribution in [3.8, 4) is 5.75 Å². The first-order valence-corrected chi connectivity index (χ1v) is 5.32. The van der Waals surface area contributed by atoms with Crippen LogP contribution in [0.4, 0.5) is 0 Å². The lowest BCUT2D eigenvalue weighted by Crippen LogP contribution is -2.02. The summed E-state index contributed by atoms with van der Waals surface area (Å²) in [4.78, 5) is 0. The van der Waals surface area contributed by atoms with Gasteiger partial charge in [0.25, 0.3) is 0 Å². The van der Waals surface area contributed by atoms with Gasteiger partial charge in [0.1, 0.15) is 18.1 Å². The van der Waals surface area contributed by atoms with Gasteiger partial charge in [0.15, 0.2) is 0 Å². The van der Waals surface area contributed by atoms with Crippen molar-refractivity contribution in [3.05, 3.63) is 54.0 Å². The van der Waals surface area contributed by atoms with E-state index >= 15 is 0 Å². The van der Waals surface area contributed by atoms with Gasteiger partial charge in [-0.2, -0.15) is 0 Å². The van der Waals surface area contributed by atoms with E-state index in [0.717, 1.165) is 17.9 Å². The molecule has 0 radical (unpaired) electrons. The van der Waals surface area contributed by atoms with Gasteiger partial charge in [-0.05, 0) is 42.8 Å². The van der Waals surface area contributed by atoms with Gasteiger partial charge < -0.3 is 14.9 Å². The van der Waals surface area contributed by atoms with Crippen LogP contribution in [-0.4, -0.2) is 6.54 Å². The Morgan fingerprint density at radius 3 is 2.88 bits per heavy atom. The third-order valence-corrected chi connectivity index (χ3v) is 2.29. The summed E-state index contributed by atoms with van der Waals surface area (Å²) >= 11 is 0. The molecule has 1 aromatic carbocycles. The highest BCUT2D eigenvalue weighted by atomic mass is 16.5. The lowest BCUT2D eigenvalue weighted by atomic mass is 10.1. The highest BCUT2D eigenvalue weighted by Gasteiger charge is 1.99. The minimum atomic E-state index is 0.457. The van der Waals surface area contributed by atoms with Gasteiger partial charge in [-0.3, -0.25) is 0 Å². The Morgan fingerprint density at radius 2 is 2.12 bits per heavy atom. The Bertz CT molecular complexity index is 423. The largest absolute Gasteiger partial charge is 0.486 e. The predicted molar refractivity (Wildman–Crippen MR) is 62.2 cm³/mol. The van der Waals surface area contributed by atoms with Crippen LogP contribution < -0.4 is 10.5 Å². The van der Waals surface area contributed by atoms with E-state index in [1.807, 2.05) is 36.4 Å². The second-order valence-corrected chi connectivity index (χ2v) is 3.55. The number of benzene rings is 1. The highest BCUT2D eigenvalue weighted by Crippen LogP contribution is 2.15. The maximum Gasteiger partial charge on any atom is 0.146 e. The van der Waals surface area contributed by atoms with Crippen LogP contribution >= 0.6 is 0 Å². The summed E-state index contributed by atoms with van der Waals surface area (Å²) in [6, 6.07) is 11.7. The van der Waals surface area contributed by atoms with Crippen molar-refractivity contribution in [1.29, 1.82) is 0 Å². The summed E-state index contributed by atoms with van der Waals surface area (Å²) in [7, 11) is 0. The first-order chi connectivity index (χ1) is 7.88. The van der Waals surface area contributed by atoms with Crippen LogP contribution in [0.25, 0.3) is 0 Å². The van der Waals surface area contributed by atoms with Gasteiger partial charge in [0, 0.05) is 0 Å². The number of ether oxygens (including phenoxy) is 1. The summed E-state index contributed by atoms with van der Waals surface area (Å²) in [5.41, 5.74) is 6.70. The smallest absolute Gasteiger partial charge is 0.146 e. The lowest BCUT2D eigenvalue weighted by Gasteiger charge is -2.06. The zero-order valence-corrected chi connectivity index (χ0v) is 9.06. The maximum atomic E-state index is 5.60. The molecule has 0 fully saturated rings. The monoisotopic (exact) mass is 217 g/mol. The molecule has 16 heavy (non-hydrogen) atoms. The normalized spacial score (nSPS) is 10.3. The van der Waals surface area contributed by atoms with Crippen LogP contribution in [0.1, 0.15) is 11.3 Å². The van der Waals surface area contributed by atoms with Crippen molar-refractivity contribution < 1.29 is 9.15 Å². The third-order valence-electron chi connectivity index (χ3n) is 2.29. The lowest BCUT2D eigenvalue weighted by molar-refractivity contribution is 0.270. The average Bonchev–Trinajstić information content (AvgIpc) is 2.80. The molecule has 2 rings (SSSR count). The van der Waals surface area contributed by atoms with Gasteiger partial charge in [-0.15, -0.1) is 0 Å².